The number of hydrogen-bond donors (Lipinski definition) is 3. The van der Waals surface area contributed by atoms with Crippen molar-refractivity contribution in [3.63, 3.8) is 0 Å². The van der Waals surface area contributed by atoms with Crippen LogP contribution in [0.1, 0.15) is 58.8 Å². The van der Waals surface area contributed by atoms with Crippen molar-refractivity contribution in [2.75, 3.05) is 0 Å². The van der Waals surface area contributed by atoms with E-state index in [9.17, 15) is 20.1 Å². The van der Waals surface area contributed by atoms with Crippen molar-refractivity contribution in [1.29, 1.82) is 0 Å². The Hall–Kier alpha value is -0.870. The summed E-state index contributed by atoms with van der Waals surface area (Å²) in [5, 5.41) is 31.6. The van der Waals surface area contributed by atoms with Crippen LogP contribution in [-0.2, 0) is 4.79 Å². The number of carboxylic acid groups (broad SMARTS) is 1. The van der Waals surface area contributed by atoms with Crippen LogP contribution in [0.15, 0.2) is 12.2 Å². The molecular formula is C20H30O4. The van der Waals surface area contributed by atoms with Gasteiger partial charge in [-0.3, -0.25) is 4.79 Å². The fourth-order valence-electron chi connectivity index (χ4n) is 7.57. The molecule has 0 amide bonds. The first kappa shape index (κ1) is 16.6. The summed E-state index contributed by atoms with van der Waals surface area (Å²) < 4.78 is 0. The predicted octanol–water partition coefficient (Wildman–Crippen LogP) is 2.98. The van der Waals surface area contributed by atoms with E-state index in [1.807, 2.05) is 6.92 Å². The lowest BCUT2D eigenvalue weighted by molar-refractivity contribution is -0.196. The molecule has 0 unspecified atom stereocenters. The zero-order valence-electron chi connectivity index (χ0n) is 14.8. The summed E-state index contributed by atoms with van der Waals surface area (Å²) in [6, 6.07) is 0. The molecule has 4 rings (SSSR count). The first-order chi connectivity index (χ1) is 11.2. The maximum atomic E-state index is 12.1. The third-order valence-electron chi connectivity index (χ3n) is 8.77. The second-order valence-electron chi connectivity index (χ2n) is 9.55. The Morgan fingerprint density at radius 2 is 1.88 bits per heavy atom. The van der Waals surface area contributed by atoms with Gasteiger partial charge in [0.05, 0.1) is 17.6 Å². The molecule has 3 N–H and O–H groups in total. The fourth-order valence-corrected chi connectivity index (χ4v) is 7.57. The minimum absolute atomic E-state index is 0.0193. The number of hydrogen-bond acceptors (Lipinski definition) is 3. The van der Waals surface area contributed by atoms with E-state index in [4.69, 9.17) is 0 Å². The number of fused-ring (bicyclic) bond motifs is 3. The second-order valence-corrected chi connectivity index (χ2v) is 9.55. The van der Waals surface area contributed by atoms with E-state index in [-0.39, 0.29) is 28.6 Å². The maximum absolute atomic E-state index is 12.1. The zero-order valence-corrected chi connectivity index (χ0v) is 14.8. The van der Waals surface area contributed by atoms with Gasteiger partial charge in [0.1, 0.15) is 0 Å². The lowest BCUT2D eigenvalue weighted by atomic mass is 9.40. The van der Waals surface area contributed by atoms with Crippen molar-refractivity contribution in [1.82, 2.24) is 0 Å². The highest BCUT2D eigenvalue weighted by Gasteiger charge is 2.69. The average Bonchev–Trinajstić information content (AvgIpc) is 2.73. The largest absolute Gasteiger partial charge is 0.481 e. The zero-order chi connectivity index (χ0) is 17.5. The second kappa shape index (κ2) is 4.85. The molecule has 2 bridgehead atoms. The van der Waals surface area contributed by atoms with Crippen LogP contribution >= 0.6 is 0 Å². The minimum Gasteiger partial charge on any atom is -0.481 e. The van der Waals surface area contributed by atoms with Gasteiger partial charge in [0.15, 0.2) is 0 Å². The van der Waals surface area contributed by atoms with E-state index in [1.165, 1.54) is 0 Å². The van der Waals surface area contributed by atoms with Crippen LogP contribution in [-0.4, -0.2) is 33.5 Å². The smallest absolute Gasteiger partial charge is 0.309 e. The quantitative estimate of drug-likeness (QED) is 0.644. The first-order valence-corrected chi connectivity index (χ1v) is 9.45. The van der Waals surface area contributed by atoms with Gasteiger partial charge in [0, 0.05) is 11.3 Å². The molecule has 4 fully saturated rings. The van der Waals surface area contributed by atoms with Gasteiger partial charge in [-0.1, -0.05) is 19.9 Å². The Morgan fingerprint density at radius 1 is 1.17 bits per heavy atom. The molecular weight excluding hydrogens is 304 g/mol. The molecule has 1 spiro atoms. The Labute approximate surface area is 144 Å². The molecule has 4 heteroatoms. The molecule has 0 radical (unpaired) electrons. The molecule has 4 aliphatic carbocycles. The maximum Gasteiger partial charge on any atom is 0.309 e. The third-order valence-corrected chi connectivity index (χ3v) is 8.77. The summed E-state index contributed by atoms with van der Waals surface area (Å²) in [6.07, 6.45) is 4.91. The van der Waals surface area contributed by atoms with Gasteiger partial charge in [-0.25, -0.2) is 0 Å². The molecule has 8 atom stereocenters. The van der Waals surface area contributed by atoms with Crippen molar-refractivity contribution in [3.8, 4) is 0 Å². The summed E-state index contributed by atoms with van der Waals surface area (Å²) >= 11 is 0. The van der Waals surface area contributed by atoms with Gasteiger partial charge in [0.2, 0.25) is 0 Å². The van der Waals surface area contributed by atoms with Crippen molar-refractivity contribution in [2.45, 2.75) is 71.0 Å². The van der Waals surface area contributed by atoms with Gasteiger partial charge in [-0.15, -0.1) is 0 Å². The van der Waals surface area contributed by atoms with Crippen molar-refractivity contribution in [2.24, 2.45) is 34.0 Å². The lowest BCUT2D eigenvalue weighted by Crippen LogP contribution is -2.61. The summed E-state index contributed by atoms with van der Waals surface area (Å²) in [7, 11) is 0. The van der Waals surface area contributed by atoms with Crippen LogP contribution in [0, 0.1) is 34.0 Å². The molecule has 0 saturated heterocycles. The van der Waals surface area contributed by atoms with E-state index >= 15 is 0 Å². The molecule has 0 heterocycles. The minimum atomic E-state index is -0.684. The molecule has 0 aromatic carbocycles. The van der Waals surface area contributed by atoms with Crippen LogP contribution in [0.4, 0.5) is 0 Å². The van der Waals surface area contributed by atoms with Gasteiger partial charge in [0.25, 0.3) is 0 Å². The molecule has 4 aliphatic rings. The molecule has 0 aromatic heterocycles. The number of aliphatic hydroxyl groups excluding tert-OH is 2. The Balaban J connectivity index is 1.80. The van der Waals surface area contributed by atoms with E-state index in [0.29, 0.717) is 6.42 Å². The normalized spacial score (nSPS) is 56.5. The van der Waals surface area contributed by atoms with E-state index in [1.54, 1.807) is 0 Å². The SMILES string of the molecule is C=C1[C@H]2C[C@@]3(CC[C@H]4[C@@](C)(CCC[C@@]4(C)C(=O)O)[C@@H]3C[C@H]2O)[C@@H]1O. The molecule has 24 heavy (non-hydrogen) atoms. The van der Waals surface area contributed by atoms with Crippen LogP contribution in [0.2, 0.25) is 0 Å². The average molecular weight is 334 g/mol. The van der Waals surface area contributed by atoms with Gasteiger partial charge in [-0.2, -0.15) is 0 Å². The Morgan fingerprint density at radius 3 is 2.54 bits per heavy atom. The highest BCUT2D eigenvalue weighted by molar-refractivity contribution is 5.75. The molecule has 0 aliphatic heterocycles. The van der Waals surface area contributed by atoms with Gasteiger partial charge < -0.3 is 15.3 Å². The highest BCUT2D eigenvalue weighted by Crippen LogP contribution is 2.72. The van der Waals surface area contributed by atoms with Crippen LogP contribution in [0.25, 0.3) is 0 Å². The Bertz CT molecular complexity index is 600. The summed E-state index contributed by atoms with van der Waals surface area (Å²) in [4.78, 5) is 12.1. The Kier molecular flexibility index (Phi) is 3.35. The van der Waals surface area contributed by atoms with Crippen LogP contribution in [0.3, 0.4) is 0 Å². The van der Waals surface area contributed by atoms with Crippen LogP contribution in [0.5, 0.6) is 0 Å². The van der Waals surface area contributed by atoms with Crippen molar-refractivity contribution in [3.05, 3.63) is 12.2 Å². The number of rotatable bonds is 1. The number of carbonyl (C=O) groups is 1. The van der Waals surface area contributed by atoms with E-state index < -0.39 is 23.6 Å². The van der Waals surface area contributed by atoms with E-state index in [2.05, 4.69) is 13.5 Å². The first-order valence-electron chi connectivity index (χ1n) is 9.45. The van der Waals surface area contributed by atoms with E-state index in [0.717, 1.165) is 44.1 Å². The molecule has 4 saturated carbocycles. The van der Waals surface area contributed by atoms with Gasteiger partial charge in [-0.05, 0) is 68.3 Å². The summed E-state index contributed by atoms with van der Waals surface area (Å²) in [6.45, 7) is 8.25. The summed E-state index contributed by atoms with van der Waals surface area (Å²) in [5.41, 5.74) is -0.190. The third kappa shape index (κ3) is 1.74. The van der Waals surface area contributed by atoms with Crippen molar-refractivity contribution < 1.29 is 20.1 Å². The van der Waals surface area contributed by atoms with Gasteiger partial charge >= 0.3 is 5.97 Å². The number of carboxylic acids is 1. The highest BCUT2D eigenvalue weighted by atomic mass is 16.4. The molecule has 0 aromatic rings. The van der Waals surface area contributed by atoms with Crippen molar-refractivity contribution >= 4 is 5.97 Å². The standard InChI is InChI=1S/C20H30O4/c1-11-12-10-20(16(11)22)8-5-14-18(2,15(20)9-13(12)21)6-4-7-19(14,3)17(23)24/h12-16,21-22H,1,4-10H2,2-3H3,(H,23,24)/t12-,13-,14+,15+,16-,18-,19-,20-/m1/s1. The predicted molar refractivity (Wildman–Crippen MR) is 90.2 cm³/mol. The topological polar surface area (TPSA) is 77.8 Å². The summed E-state index contributed by atoms with van der Waals surface area (Å²) in [5.74, 6) is -0.356. The fraction of sp³-hybridized carbons (Fsp3) is 0.850. The lowest BCUT2D eigenvalue weighted by Gasteiger charge is -2.64. The molecule has 4 nitrogen and oxygen atoms in total. The monoisotopic (exact) mass is 334 g/mol. The van der Waals surface area contributed by atoms with Crippen LogP contribution < -0.4 is 0 Å². The number of aliphatic hydroxyl groups is 2. The number of aliphatic carboxylic acids is 1. The molecule has 134 valence electrons.